The number of hydrogen-bond acceptors (Lipinski definition) is 3. The Hall–Kier alpha value is -1.68. The number of halogens is 1. The van der Waals surface area contributed by atoms with Crippen LogP contribution in [0.25, 0.3) is 0 Å². The van der Waals surface area contributed by atoms with Crippen LogP contribution in [0.4, 0.5) is 10.1 Å². The van der Waals surface area contributed by atoms with Crippen molar-refractivity contribution >= 4 is 22.8 Å². The first kappa shape index (κ1) is 12.8. The number of likely N-dealkylation sites (N-methyl/N-ethyl adjacent to an activating group) is 1. The van der Waals surface area contributed by atoms with Crippen molar-refractivity contribution in [1.82, 2.24) is 0 Å². The molecule has 0 amide bonds. The summed E-state index contributed by atoms with van der Waals surface area (Å²) in [5.74, 6) is -0.237. The highest BCUT2D eigenvalue weighted by Gasteiger charge is 2.12. The van der Waals surface area contributed by atoms with Crippen LogP contribution in [0.1, 0.15) is 14.5 Å². The van der Waals surface area contributed by atoms with Crippen LogP contribution in [-0.4, -0.2) is 19.4 Å². The Bertz CT molecular complexity index is 564. The van der Waals surface area contributed by atoms with Gasteiger partial charge in [-0.15, -0.1) is 11.3 Å². The molecule has 0 aliphatic carbocycles. The van der Waals surface area contributed by atoms with Gasteiger partial charge >= 0.3 is 0 Å². The summed E-state index contributed by atoms with van der Waals surface area (Å²) in [7, 11) is 1.78. The largest absolute Gasteiger partial charge is 0.367 e. The Balaban J connectivity index is 2.07. The van der Waals surface area contributed by atoms with Crippen molar-refractivity contribution in [2.24, 2.45) is 0 Å². The number of ketones is 1. The van der Waals surface area contributed by atoms with E-state index in [9.17, 15) is 9.18 Å². The van der Waals surface area contributed by atoms with Gasteiger partial charge in [0.05, 0.1) is 11.4 Å². The molecule has 0 saturated carbocycles. The third kappa shape index (κ3) is 2.96. The fraction of sp³-hybridized carbons (Fsp3) is 0.214. The second-order valence-corrected chi connectivity index (χ2v) is 5.46. The van der Waals surface area contributed by atoms with Crippen molar-refractivity contribution in [3.05, 3.63) is 52.0 Å². The molecule has 18 heavy (non-hydrogen) atoms. The maximum absolute atomic E-state index is 13.1. The molecule has 0 bridgehead atoms. The van der Waals surface area contributed by atoms with E-state index in [1.165, 1.54) is 23.5 Å². The number of Topliss-reactive ketones (excluding diaryl/α,β-unsaturated/α-hetero) is 1. The van der Waals surface area contributed by atoms with Crippen LogP contribution < -0.4 is 4.90 Å². The number of thiophene rings is 1. The lowest BCUT2D eigenvalue weighted by Gasteiger charge is -2.17. The van der Waals surface area contributed by atoms with Gasteiger partial charge in [0.25, 0.3) is 0 Å². The van der Waals surface area contributed by atoms with E-state index >= 15 is 0 Å². The zero-order chi connectivity index (χ0) is 13.1. The van der Waals surface area contributed by atoms with E-state index in [-0.39, 0.29) is 18.1 Å². The van der Waals surface area contributed by atoms with E-state index in [0.717, 1.165) is 9.75 Å². The van der Waals surface area contributed by atoms with Gasteiger partial charge in [-0.05, 0) is 37.3 Å². The molecule has 0 saturated heterocycles. The summed E-state index contributed by atoms with van der Waals surface area (Å²) < 4.78 is 13.1. The molecular formula is C14H14FNOS. The molecular weight excluding hydrogens is 249 g/mol. The molecule has 2 nitrogen and oxygen atoms in total. The fourth-order valence-corrected chi connectivity index (χ4v) is 2.48. The molecule has 0 radical (unpaired) electrons. The molecule has 0 spiro atoms. The van der Waals surface area contributed by atoms with Gasteiger partial charge in [-0.3, -0.25) is 4.79 Å². The van der Waals surface area contributed by atoms with E-state index in [2.05, 4.69) is 0 Å². The number of anilines is 1. The van der Waals surface area contributed by atoms with Crippen LogP contribution in [0.5, 0.6) is 0 Å². The third-order valence-corrected chi connectivity index (χ3v) is 3.69. The van der Waals surface area contributed by atoms with Gasteiger partial charge in [-0.1, -0.05) is 6.07 Å². The summed E-state index contributed by atoms with van der Waals surface area (Å²) in [6, 6.07) is 10.0. The Kier molecular flexibility index (Phi) is 3.77. The molecule has 2 rings (SSSR count). The zero-order valence-electron chi connectivity index (χ0n) is 10.3. The average molecular weight is 263 g/mol. The van der Waals surface area contributed by atoms with Crippen LogP contribution in [0.2, 0.25) is 0 Å². The van der Waals surface area contributed by atoms with Crippen LogP contribution in [0, 0.1) is 12.7 Å². The van der Waals surface area contributed by atoms with E-state index in [1.807, 2.05) is 19.1 Å². The minimum absolute atomic E-state index is 0.0554. The summed E-state index contributed by atoms with van der Waals surface area (Å²) in [5, 5.41) is 0. The first-order valence-electron chi connectivity index (χ1n) is 5.62. The number of hydrogen-bond donors (Lipinski definition) is 0. The van der Waals surface area contributed by atoms with E-state index in [4.69, 9.17) is 0 Å². The van der Waals surface area contributed by atoms with Gasteiger partial charge < -0.3 is 4.90 Å². The van der Waals surface area contributed by atoms with Gasteiger partial charge in [0.15, 0.2) is 5.78 Å². The quantitative estimate of drug-likeness (QED) is 0.787. The number of carbonyl (C=O) groups is 1. The van der Waals surface area contributed by atoms with E-state index in [1.54, 1.807) is 24.1 Å². The second kappa shape index (κ2) is 5.31. The molecule has 1 heterocycles. The Morgan fingerprint density at radius 2 is 2.11 bits per heavy atom. The minimum atomic E-state index is -0.293. The lowest BCUT2D eigenvalue weighted by Crippen LogP contribution is -2.25. The maximum Gasteiger partial charge on any atom is 0.191 e. The van der Waals surface area contributed by atoms with Gasteiger partial charge in [-0.25, -0.2) is 4.39 Å². The topological polar surface area (TPSA) is 20.3 Å². The minimum Gasteiger partial charge on any atom is -0.367 e. The molecule has 0 N–H and O–H groups in total. The smallest absolute Gasteiger partial charge is 0.191 e. The van der Waals surface area contributed by atoms with E-state index < -0.39 is 0 Å². The first-order chi connectivity index (χ1) is 8.56. The molecule has 94 valence electrons. The van der Waals surface area contributed by atoms with Gasteiger partial charge in [0.1, 0.15) is 5.82 Å². The van der Waals surface area contributed by atoms with Gasteiger partial charge in [-0.2, -0.15) is 0 Å². The lowest BCUT2D eigenvalue weighted by molar-refractivity contribution is 0.100. The molecule has 0 fully saturated rings. The normalized spacial score (nSPS) is 10.4. The molecule has 0 unspecified atom stereocenters. The maximum atomic E-state index is 13.1. The van der Waals surface area contributed by atoms with Crippen molar-refractivity contribution in [1.29, 1.82) is 0 Å². The lowest BCUT2D eigenvalue weighted by atomic mass is 10.2. The summed E-state index contributed by atoms with van der Waals surface area (Å²) in [6.07, 6.45) is 0. The number of carbonyl (C=O) groups excluding carboxylic acids is 1. The molecule has 0 aliphatic heterocycles. The fourth-order valence-electron chi connectivity index (χ4n) is 1.68. The predicted octanol–water partition coefficient (Wildman–Crippen LogP) is 3.51. The van der Waals surface area contributed by atoms with E-state index in [0.29, 0.717) is 5.69 Å². The number of nitrogens with zero attached hydrogens (tertiary/aromatic N) is 1. The monoisotopic (exact) mass is 263 g/mol. The highest BCUT2D eigenvalue weighted by atomic mass is 32.1. The Morgan fingerprint density at radius 1 is 1.33 bits per heavy atom. The molecule has 1 aromatic carbocycles. The van der Waals surface area contributed by atoms with Crippen LogP contribution in [0.3, 0.4) is 0 Å². The SMILES string of the molecule is Cc1ccc(C(=O)CN(C)c2cccc(F)c2)s1. The molecule has 4 heteroatoms. The van der Waals surface area contributed by atoms with Crippen molar-refractivity contribution in [3.63, 3.8) is 0 Å². The summed E-state index contributed by atoms with van der Waals surface area (Å²) in [6.45, 7) is 2.22. The first-order valence-corrected chi connectivity index (χ1v) is 6.44. The Morgan fingerprint density at radius 3 is 2.72 bits per heavy atom. The van der Waals surface area contributed by atoms with Crippen molar-refractivity contribution in [3.8, 4) is 0 Å². The zero-order valence-corrected chi connectivity index (χ0v) is 11.1. The number of rotatable bonds is 4. The van der Waals surface area contributed by atoms with Crippen LogP contribution in [0.15, 0.2) is 36.4 Å². The highest BCUT2D eigenvalue weighted by molar-refractivity contribution is 7.14. The van der Waals surface area contributed by atoms with Crippen LogP contribution >= 0.6 is 11.3 Å². The van der Waals surface area contributed by atoms with Crippen molar-refractivity contribution in [2.45, 2.75) is 6.92 Å². The highest BCUT2D eigenvalue weighted by Crippen LogP contribution is 2.18. The molecule has 0 aliphatic rings. The van der Waals surface area contributed by atoms with Crippen LogP contribution in [-0.2, 0) is 0 Å². The Labute approximate surface area is 110 Å². The average Bonchev–Trinajstić information content (AvgIpc) is 2.76. The molecule has 1 aromatic heterocycles. The van der Waals surface area contributed by atoms with Gasteiger partial charge in [0, 0.05) is 17.6 Å². The second-order valence-electron chi connectivity index (χ2n) is 4.17. The number of aryl methyl sites for hydroxylation is 1. The van der Waals surface area contributed by atoms with Crippen molar-refractivity contribution < 1.29 is 9.18 Å². The molecule has 0 atom stereocenters. The summed E-state index contributed by atoms with van der Waals surface area (Å²) >= 11 is 1.49. The predicted molar refractivity (Wildman–Crippen MR) is 73.1 cm³/mol. The summed E-state index contributed by atoms with van der Waals surface area (Å²) in [5.41, 5.74) is 0.705. The summed E-state index contributed by atoms with van der Waals surface area (Å²) in [4.78, 5) is 15.6. The van der Waals surface area contributed by atoms with Crippen molar-refractivity contribution in [2.75, 3.05) is 18.5 Å². The number of benzene rings is 1. The standard InChI is InChI=1S/C14H14FNOS/c1-10-6-7-14(18-10)13(17)9-16(2)12-5-3-4-11(15)8-12/h3-8H,9H2,1-2H3. The molecule has 2 aromatic rings. The third-order valence-electron chi connectivity index (χ3n) is 2.64. The van der Waals surface area contributed by atoms with Gasteiger partial charge in [0.2, 0.25) is 0 Å².